The Kier molecular flexibility index (Phi) is 10.9. The molecule has 3 aliphatic rings. The van der Waals surface area contributed by atoms with Crippen molar-refractivity contribution in [1.82, 2.24) is 35.1 Å². The molecule has 14 heteroatoms. The molecule has 2 saturated heterocycles. The topological polar surface area (TPSA) is 167 Å². The number of benzene rings is 2. The van der Waals surface area contributed by atoms with E-state index in [4.69, 9.17) is 14.6 Å². The van der Waals surface area contributed by atoms with Gasteiger partial charge in [-0.2, -0.15) is 4.89 Å². The average Bonchev–Trinajstić information content (AvgIpc) is 3.67. The van der Waals surface area contributed by atoms with Crippen molar-refractivity contribution < 1.29 is 28.9 Å². The van der Waals surface area contributed by atoms with Crippen LogP contribution in [0.5, 0.6) is 0 Å². The number of alkyl carbamates (subject to hydrolysis) is 1. The van der Waals surface area contributed by atoms with Gasteiger partial charge in [0.1, 0.15) is 23.7 Å². The highest BCUT2D eigenvalue weighted by Gasteiger charge is 2.56. The van der Waals surface area contributed by atoms with Crippen LogP contribution in [0.3, 0.4) is 0 Å². The predicted octanol–water partition coefficient (Wildman–Crippen LogP) is 5.55. The number of hydrogen-bond donors (Lipinski definition) is 3. The number of imidazole rings is 2. The molecular formula is C41H48N8O6. The Labute approximate surface area is 320 Å². The number of carbonyl (C=O) groups excluding carboxylic acids is 3. The maximum atomic E-state index is 13.7. The van der Waals surface area contributed by atoms with Crippen LogP contribution in [-0.4, -0.2) is 93.4 Å². The van der Waals surface area contributed by atoms with Crippen LogP contribution >= 0.6 is 0 Å². The summed E-state index contributed by atoms with van der Waals surface area (Å²) in [6, 6.07) is 12.3. The Morgan fingerprint density at radius 1 is 0.964 bits per heavy atom. The molecule has 0 unspecified atom stereocenters. The number of piperidine rings is 1. The number of carbonyl (C=O) groups is 3. The molecule has 55 heavy (non-hydrogen) atoms. The minimum absolute atomic E-state index is 0.0136. The first kappa shape index (κ1) is 37.6. The molecule has 14 nitrogen and oxygen atoms in total. The first-order valence-electron chi connectivity index (χ1n) is 18.9. The van der Waals surface area contributed by atoms with Gasteiger partial charge >= 0.3 is 6.09 Å². The predicted molar refractivity (Wildman–Crippen MR) is 205 cm³/mol. The van der Waals surface area contributed by atoms with Gasteiger partial charge in [-0.3, -0.25) is 9.59 Å². The third-order valence-corrected chi connectivity index (χ3v) is 10.8. The number of ether oxygens (including phenoxy) is 1. The van der Waals surface area contributed by atoms with Gasteiger partial charge < -0.3 is 34.7 Å². The quantitative estimate of drug-likeness (QED) is 0.0591. The number of H-pyrrole nitrogens is 2. The monoisotopic (exact) mass is 748 g/mol. The zero-order chi connectivity index (χ0) is 38.8. The Morgan fingerprint density at radius 3 is 2.45 bits per heavy atom. The van der Waals surface area contributed by atoms with Crippen LogP contribution in [0.4, 0.5) is 4.79 Å². The zero-order valence-electron chi connectivity index (χ0n) is 32.0. The number of methoxy groups -OCH3 is 1. The van der Waals surface area contributed by atoms with Gasteiger partial charge in [0.15, 0.2) is 0 Å². The van der Waals surface area contributed by atoms with Crippen LogP contribution in [0, 0.1) is 35.5 Å². The summed E-state index contributed by atoms with van der Waals surface area (Å²) in [7, 11) is 2.69. The summed E-state index contributed by atoms with van der Waals surface area (Å²) in [4.78, 5) is 73.2. The molecule has 0 radical (unpaired) electrons. The van der Waals surface area contributed by atoms with Crippen molar-refractivity contribution in [1.29, 1.82) is 0 Å². The van der Waals surface area contributed by atoms with Crippen molar-refractivity contribution in [2.75, 3.05) is 27.3 Å². The first-order chi connectivity index (χ1) is 26.6. The summed E-state index contributed by atoms with van der Waals surface area (Å²) in [6.07, 6.45) is 5.12. The number of aliphatic imine (C=N–C) groups is 1. The van der Waals surface area contributed by atoms with E-state index in [1.807, 2.05) is 80.0 Å². The summed E-state index contributed by atoms with van der Waals surface area (Å²) < 4.78 is 4.78. The molecule has 2 aromatic carbocycles. The Bertz CT molecular complexity index is 2130. The van der Waals surface area contributed by atoms with Gasteiger partial charge in [-0.15, -0.1) is 0 Å². The lowest BCUT2D eigenvalue weighted by Gasteiger charge is -2.31. The lowest BCUT2D eigenvalue weighted by atomic mass is 10.0. The number of rotatable bonds is 11. The van der Waals surface area contributed by atoms with E-state index in [-0.39, 0.29) is 35.7 Å². The van der Waals surface area contributed by atoms with Crippen LogP contribution in [0.15, 0.2) is 53.7 Å². The van der Waals surface area contributed by atoms with Crippen molar-refractivity contribution in [3.63, 3.8) is 0 Å². The minimum atomic E-state index is -0.684. The van der Waals surface area contributed by atoms with Crippen LogP contribution < -0.4 is 5.32 Å². The molecular weight excluding hydrogens is 701 g/mol. The number of likely N-dealkylation sites (tertiary alicyclic amines) is 2. The van der Waals surface area contributed by atoms with Gasteiger partial charge in [0, 0.05) is 24.2 Å². The molecule has 0 bridgehead atoms. The zero-order valence-corrected chi connectivity index (χ0v) is 32.0. The second-order valence-corrected chi connectivity index (χ2v) is 15.2. The molecule has 3 N–H and O–H groups in total. The van der Waals surface area contributed by atoms with Crippen molar-refractivity contribution >= 4 is 35.3 Å². The van der Waals surface area contributed by atoms with Crippen LogP contribution in [0.25, 0.3) is 22.3 Å². The van der Waals surface area contributed by atoms with Gasteiger partial charge in [0.05, 0.1) is 49.2 Å². The fourth-order valence-corrected chi connectivity index (χ4v) is 7.84. The molecule has 1 saturated carbocycles. The maximum absolute atomic E-state index is 13.7. The highest BCUT2D eigenvalue weighted by molar-refractivity contribution is 5.87. The summed E-state index contributed by atoms with van der Waals surface area (Å²) in [5.41, 5.74) is 5.18. The van der Waals surface area contributed by atoms with E-state index in [9.17, 15) is 14.4 Å². The van der Waals surface area contributed by atoms with Crippen molar-refractivity contribution in [3.8, 4) is 23.1 Å². The van der Waals surface area contributed by atoms with E-state index in [0.29, 0.717) is 24.9 Å². The Hall–Kier alpha value is -5.68. The largest absolute Gasteiger partial charge is 0.453 e. The number of fused-ring (bicyclic) bond motifs is 2. The van der Waals surface area contributed by atoms with E-state index in [0.717, 1.165) is 64.3 Å². The molecule has 7 rings (SSSR count). The number of aromatic amines is 2. The number of amides is 3. The maximum Gasteiger partial charge on any atom is 0.407 e. The molecule has 288 valence electrons. The first-order valence-corrected chi connectivity index (χ1v) is 18.9. The third-order valence-electron chi connectivity index (χ3n) is 10.8. The normalized spacial score (nSPS) is 21.5. The van der Waals surface area contributed by atoms with Gasteiger partial charge in [-0.1, -0.05) is 51.7 Å². The third kappa shape index (κ3) is 7.93. The lowest BCUT2D eigenvalue weighted by Crippen LogP contribution is -2.51. The molecule has 4 heterocycles. The smallest absolute Gasteiger partial charge is 0.407 e. The molecule has 6 atom stereocenters. The van der Waals surface area contributed by atoms with E-state index in [1.165, 1.54) is 20.6 Å². The molecule has 2 aliphatic heterocycles. The second-order valence-electron chi connectivity index (χ2n) is 15.2. The van der Waals surface area contributed by atoms with Crippen molar-refractivity contribution in [2.45, 2.75) is 71.1 Å². The second kappa shape index (κ2) is 16.0. The summed E-state index contributed by atoms with van der Waals surface area (Å²) in [5, 5.41) is 2.72. The highest BCUT2D eigenvalue weighted by Crippen LogP contribution is 2.56. The molecule has 3 fully saturated rings. The summed E-state index contributed by atoms with van der Waals surface area (Å²) in [5.74, 6) is 8.55. The van der Waals surface area contributed by atoms with E-state index in [2.05, 4.69) is 42.0 Å². The number of nitrogens with one attached hydrogen (secondary N) is 3. The SMILES string of the molecule is COO/C=N\[C@H](C(=O)N1CCC[C@H]1c1ncc(-c2ccc(C#Cc3ccc4nc([C@@H]5[C@H]6C[C@H]6CN5C(=O)[C@@H](NC(=O)OC)C(C)C)[nH]c4c3)cc2)[nH]1)C(C)C. The van der Waals surface area contributed by atoms with Gasteiger partial charge in [-0.05, 0) is 78.8 Å². The number of hydrogen-bond acceptors (Lipinski definition) is 9. The van der Waals surface area contributed by atoms with Crippen LogP contribution in [0.2, 0.25) is 0 Å². The van der Waals surface area contributed by atoms with Gasteiger partial charge in [-0.25, -0.2) is 19.8 Å². The molecule has 2 aromatic heterocycles. The van der Waals surface area contributed by atoms with Crippen molar-refractivity contribution in [2.24, 2.45) is 28.7 Å². The standard InChI is InChI=1S/C41H48N8O6/c1-23(2)34(43-22-55-54-6)39(50)48-17-7-8-33(48)37-42-20-32(46-37)27-14-11-25(12-15-27)9-10-26-13-16-30-31(18-26)45-38(44-30)36-29-19-28(29)21-49(36)40(51)35(24(3)4)47-41(52)53-5/h11-16,18,20,22-24,28-29,33-36H,7-8,17,19,21H2,1-6H3,(H,42,46)(H,44,45)(H,47,52)/b43-22-/t28-,29-,33-,34-,35-,36-/m0/s1. The molecule has 3 amide bonds. The fourth-order valence-electron chi connectivity index (χ4n) is 7.84. The summed E-state index contributed by atoms with van der Waals surface area (Å²) >= 11 is 0. The van der Waals surface area contributed by atoms with Crippen molar-refractivity contribution in [3.05, 3.63) is 71.4 Å². The Morgan fingerprint density at radius 2 is 1.73 bits per heavy atom. The van der Waals surface area contributed by atoms with E-state index in [1.54, 1.807) is 6.20 Å². The number of nitrogens with zero attached hydrogens (tertiary/aromatic N) is 5. The lowest BCUT2D eigenvalue weighted by molar-refractivity contribution is -0.188. The van der Waals surface area contributed by atoms with Gasteiger partial charge in [0.2, 0.25) is 18.2 Å². The number of aromatic nitrogens is 4. The van der Waals surface area contributed by atoms with Gasteiger partial charge in [0.25, 0.3) is 0 Å². The minimum Gasteiger partial charge on any atom is -0.453 e. The molecule has 0 spiro atoms. The highest BCUT2D eigenvalue weighted by atomic mass is 17.2. The Balaban J connectivity index is 1.02. The van der Waals surface area contributed by atoms with Crippen LogP contribution in [0.1, 0.15) is 81.8 Å². The molecule has 1 aliphatic carbocycles. The van der Waals surface area contributed by atoms with E-state index >= 15 is 0 Å². The average molecular weight is 749 g/mol. The summed E-state index contributed by atoms with van der Waals surface area (Å²) in [6.45, 7) is 9.03. The fraction of sp³-hybridized carbons (Fsp3) is 0.463. The molecule has 4 aromatic rings. The van der Waals surface area contributed by atoms with E-state index < -0.39 is 18.2 Å². The van der Waals surface area contributed by atoms with Crippen LogP contribution in [-0.2, 0) is 24.1 Å².